The third kappa shape index (κ3) is 2.38. The number of carbonyl (C=O) groups is 1. The average Bonchev–Trinajstić information content (AvgIpc) is 1.99. The fourth-order valence-electron chi connectivity index (χ4n) is 0.746. The van der Waals surface area contributed by atoms with E-state index in [-0.39, 0.29) is 29.5 Å². The Morgan fingerprint density at radius 2 is 1.54 bits per heavy atom. The Morgan fingerprint density at radius 1 is 1.15 bits per heavy atom. The van der Waals surface area contributed by atoms with E-state index in [1.54, 1.807) is 0 Å². The normalized spacial score (nSPS) is 8.92. The summed E-state index contributed by atoms with van der Waals surface area (Å²) in [6.45, 7) is 0. The number of carbonyl (C=O) groups excluding carboxylic acids is 1. The van der Waals surface area contributed by atoms with Crippen molar-refractivity contribution in [2.45, 2.75) is 0 Å². The molecule has 0 bridgehead atoms. The molecule has 0 saturated heterocycles. The third-order valence-electron chi connectivity index (χ3n) is 1.35. The summed E-state index contributed by atoms with van der Waals surface area (Å²) in [4.78, 5) is 10.5. The summed E-state index contributed by atoms with van der Waals surface area (Å²) in [7, 11) is 0. The summed E-state index contributed by atoms with van der Waals surface area (Å²) in [5, 5.41) is 26.7. The molecule has 0 spiro atoms. The van der Waals surface area contributed by atoms with E-state index in [2.05, 4.69) is 0 Å². The molecular weight excluding hydrogens is 289 g/mol. The minimum Gasteiger partial charge on any atom is -1.00 e. The number of phenolic OH excluding ortho intramolecular Hbond substituents is 3. The molecule has 5 nitrogen and oxygen atoms in total. The van der Waals surface area contributed by atoms with Crippen LogP contribution < -0.4 is 29.7 Å². The highest BCUT2D eigenvalue weighted by atomic mass is 127. The highest BCUT2D eigenvalue weighted by Gasteiger charge is 2.10. The minimum absolute atomic E-state index is 0. The first-order chi connectivity index (χ1) is 5.52. The largest absolute Gasteiger partial charge is 1.00 e. The number of benzene rings is 1. The van der Waals surface area contributed by atoms with Crippen molar-refractivity contribution in [3.05, 3.63) is 17.7 Å². The van der Waals surface area contributed by atoms with Crippen LogP contribution in [0.15, 0.2) is 12.1 Å². The van der Waals surface area contributed by atoms with Crippen molar-refractivity contribution in [2.24, 2.45) is 5.73 Å². The Morgan fingerprint density at radius 3 is 1.85 bits per heavy atom. The first kappa shape index (κ1) is 11.8. The third-order valence-corrected chi connectivity index (χ3v) is 1.35. The van der Waals surface area contributed by atoms with E-state index in [0.717, 1.165) is 12.1 Å². The topological polar surface area (TPSA) is 104 Å². The number of halogens is 1. The molecule has 72 valence electrons. The first-order valence-corrected chi connectivity index (χ1v) is 3.07. The standard InChI is InChI=1S/C7H7NO4.HI/c8-7(12)3-1-4(9)6(11)5(10)2-3;/h1-2,9-11H,(H2,8,12);1H/p-1. The summed E-state index contributed by atoms with van der Waals surface area (Å²) in [6, 6.07) is 1.94. The van der Waals surface area contributed by atoms with Gasteiger partial charge in [-0.1, -0.05) is 0 Å². The number of aromatic hydroxyl groups is 3. The van der Waals surface area contributed by atoms with E-state index in [9.17, 15) is 4.79 Å². The molecule has 0 aliphatic carbocycles. The van der Waals surface area contributed by atoms with Crippen molar-refractivity contribution in [2.75, 3.05) is 0 Å². The molecule has 1 aromatic carbocycles. The Kier molecular flexibility index (Phi) is 3.79. The molecule has 13 heavy (non-hydrogen) atoms. The summed E-state index contributed by atoms with van der Waals surface area (Å²) >= 11 is 0. The zero-order valence-electron chi connectivity index (χ0n) is 6.36. The second kappa shape index (κ2) is 4.17. The molecule has 0 unspecified atom stereocenters. The predicted molar refractivity (Wildman–Crippen MR) is 40.0 cm³/mol. The number of primary amides is 1. The van der Waals surface area contributed by atoms with E-state index >= 15 is 0 Å². The van der Waals surface area contributed by atoms with Gasteiger partial charge in [0.25, 0.3) is 0 Å². The van der Waals surface area contributed by atoms with Crippen LogP contribution in [0.4, 0.5) is 0 Å². The summed E-state index contributed by atoms with van der Waals surface area (Å²) in [6.07, 6.45) is 0. The van der Waals surface area contributed by atoms with Gasteiger partial charge >= 0.3 is 0 Å². The van der Waals surface area contributed by atoms with Crippen molar-refractivity contribution < 1.29 is 44.1 Å². The quantitative estimate of drug-likeness (QED) is 0.326. The first-order valence-electron chi connectivity index (χ1n) is 3.07. The van der Waals surface area contributed by atoms with Gasteiger partial charge in [0, 0.05) is 5.56 Å². The van der Waals surface area contributed by atoms with Crippen LogP contribution in [-0.2, 0) is 0 Å². The van der Waals surface area contributed by atoms with Crippen molar-refractivity contribution in [1.82, 2.24) is 0 Å². The molecule has 0 aliphatic heterocycles. The van der Waals surface area contributed by atoms with Crippen LogP contribution in [0.2, 0.25) is 0 Å². The maximum Gasteiger partial charge on any atom is 0.248 e. The number of rotatable bonds is 1. The predicted octanol–water partition coefficient (Wildman–Crippen LogP) is -3.09. The highest BCUT2D eigenvalue weighted by molar-refractivity contribution is 5.94. The van der Waals surface area contributed by atoms with Gasteiger partial charge < -0.3 is 45.0 Å². The van der Waals surface area contributed by atoms with Crippen molar-refractivity contribution in [3.8, 4) is 17.2 Å². The van der Waals surface area contributed by atoms with Crippen LogP contribution in [0.3, 0.4) is 0 Å². The Bertz CT molecular complexity index is 316. The molecule has 0 radical (unpaired) electrons. The van der Waals surface area contributed by atoms with Gasteiger partial charge in [0.1, 0.15) is 0 Å². The van der Waals surface area contributed by atoms with Gasteiger partial charge in [-0.2, -0.15) is 0 Å². The zero-order valence-corrected chi connectivity index (χ0v) is 8.52. The Hall–Kier alpha value is -1.18. The van der Waals surface area contributed by atoms with E-state index in [4.69, 9.17) is 21.1 Å². The molecule has 1 amide bonds. The zero-order chi connectivity index (χ0) is 9.30. The van der Waals surface area contributed by atoms with Crippen LogP contribution in [0.5, 0.6) is 17.2 Å². The van der Waals surface area contributed by atoms with Crippen molar-refractivity contribution in [1.29, 1.82) is 0 Å². The fraction of sp³-hybridized carbons (Fsp3) is 0. The Labute approximate surface area is 90.8 Å². The second-order valence-corrected chi connectivity index (χ2v) is 2.23. The Balaban J connectivity index is 0.00000144. The molecule has 1 rings (SSSR count). The summed E-state index contributed by atoms with van der Waals surface area (Å²) in [5.74, 6) is -2.62. The van der Waals surface area contributed by atoms with E-state index < -0.39 is 23.2 Å². The minimum atomic E-state index is -0.791. The smallest absolute Gasteiger partial charge is 0.248 e. The van der Waals surface area contributed by atoms with Gasteiger partial charge in [-0.05, 0) is 12.1 Å². The lowest BCUT2D eigenvalue weighted by atomic mass is 10.2. The molecule has 0 heterocycles. The fourth-order valence-corrected chi connectivity index (χ4v) is 0.746. The van der Waals surface area contributed by atoms with Crippen LogP contribution in [0, 0.1) is 0 Å². The highest BCUT2D eigenvalue weighted by Crippen LogP contribution is 2.34. The maximum absolute atomic E-state index is 10.5. The molecule has 0 fully saturated rings. The molecule has 6 heteroatoms. The van der Waals surface area contributed by atoms with Gasteiger partial charge in [0.05, 0.1) is 0 Å². The van der Waals surface area contributed by atoms with Crippen LogP contribution >= 0.6 is 0 Å². The maximum atomic E-state index is 10.5. The lowest BCUT2D eigenvalue weighted by molar-refractivity contribution is -0.0000132. The summed E-state index contributed by atoms with van der Waals surface area (Å²) < 4.78 is 0. The van der Waals surface area contributed by atoms with Gasteiger partial charge in [0.2, 0.25) is 5.91 Å². The van der Waals surface area contributed by atoms with Gasteiger partial charge in [-0.15, -0.1) is 0 Å². The lowest BCUT2D eigenvalue weighted by Crippen LogP contribution is -3.00. The van der Waals surface area contributed by atoms with Crippen LogP contribution in [-0.4, -0.2) is 21.2 Å². The monoisotopic (exact) mass is 296 g/mol. The van der Waals surface area contributed by atoms with Gasteiger partial charge in [0.15, 0.2) is 17.2 Å². The average molecular weight is 296 g/mol. The molecule has 0 aromatic heterocycles. The van der Waals surface area contributed by atoms with E-state index in [0.29, 0.717) is 0 Å². The lowest BCUT2D eigenvalue weighted by Gasteiger charge is -2.01. The van der Waals surface area contributed by atoms with Crippen molar-refractivity contribution in [3.63, 3.8) is 0 Å². The van der Waals surface area contributed by atoms with E-state index in [1.807, 2.05) is 0 Å². The molecule has 0 saturated carbocycles. The number of hydrogen-bond acceptors (Lipinski definition) is 4. The van der Waals surface area contributed by atoms with Crippen LogP contribution in [0.25, 0.3) is 0 Å². The number of nitrogens with two attached hydrogens (primary N) is 1. The molecule has 0 atom stereocenters. The van der Waals surface area contributed by atoms with Gasteiger partial charge in [-0.3, -0.25) is 4.79 Å². The van der Waals surface area contributed by atoms with E-state index in [1.165, 1.54) is 0 Å². The number of phenols is 3. The molecule has 1 aromatic rings. The second-order valence-electron chi connectivity index (χ2n) is 2.23. The summed E-state index contributed by atoms with van der Waals surface area (Å²) in [5.41, 5.74) is 4.79. The van der Waals surface area contributed by atoms with Crippen LogP contribution in [0.1, 0.15) is 10.4 Å². The van der Waals surface area contributed by atoms with Gasteiger partial charge in [-0.25, -0.2) is 0 Å². The van der Waals surface area contributed by atoms with Crippen molar-refractivity contribution >= 4 is 5.91 Å². The molecule has 0 aliphatic rings. The number of amides is 1. The number of hydrogen-bond donors (Lipinski definition) is 4. The molecule has 5 N–H and O–H groups in total. The SMILES string of the molecule is NC(=O)c1cc(O)c(O)c(O)c1.[I-]. The molecular formula is C7H7INO4-.